The van der Waals surface area contributed by atoms with Crippen LogP contribution >= 0.6 is 0 Å². The average Bonchev–Trinajstić information content (AvgIpc) is 3.18. The minimum absolute atomic E-state index is 0.140. The van der Waals surface area contributed by atoms with E-state index >= 15 is 0 Å². The summed E-state index contributed by atoms with van der Waals surface area (Å²) in [6.07, 6.45) is 4.22. The molecule has 152 valence electrons. The van der Waals surface area contributed by atoms with Crippen LogP contribution in [-0.4, -0.2) is 22.4 Å². The number of ether oxygens (including phenoxy) is 1. The van der Waals surface area contributed by atoms with Gasteiger partial charge >= 0.3 is 5.97 Å². The van der Waals surface area contributed by atoms with E-state index in [4.69, 9.17) is 4.74 Å². The van der Waals surface area contributed by atoms with Gasteiger partial charge in [-0.15, -0.1) is 0 Å². The van der Waals surface area contributed by atoms with Gasteiger partial charge in [-0.2, -0.15) is 5.10 Å². The molecule has 0 spiro atoms. The normalized spacial score (nSPS) is 12.0. The molecule has 3 aromatic rings. The minimum atomic E-state index is -0.140. The number of carbonyl (C=O) groups is 1. The van der Waals surface area contributed by atoms with Crippen molar-refractivity contribution in [3.8, 4) is 16.8 Å². The fourth-order valence-corrected chi connectivity index (χ4v) is 3.45. The summed E-state index contributed by atoms with van der Waals surface area (Å²) >= 11 is 0. The van der Waals surface area contributed by atoms with Gasteiger partial charge in [-0.05, 0) is 73.1 Å². The number of nitrogens with zero attached hydrogens (tertiary/aromatic N) is 2. The van der Waals surface area contributed by atoms with E-state index < -0.39 is 0 Å². The molecule has 1 aromatic heterocycles. The molecule has 0 N–H and O–H groups in total. The maximum Gasteiger partial charge on any atom is 0.306 e. The van der Waals surface area contributed by atoms with Crippen LogP contribution in [0.4, 0.5) is 0 Å². The van der Waals surface area contributed by atoms with Crippen molar-refractivity contribution < 1.29 is 9.53 Å². The van der Waals surface area contributed by atoms with Gasteiger partial charge in [-0.1, -0.05) is 44.2 Å². The molecule has 4 heteroatoms. The molecule has 0 bridgehead atoms. The molecule has 0 amide bonds. The lowest BCUT2D eigenvalue weighted by molar-refractivity contribution is -0.143. The zero-order chi connectivity index (χ0) is 20.8. The van der Waals surface area contributed by atoms with Gasteiger partial charge in [0.1, 0.15) is 0 Å². The molecule has 0 aliphatic heterocycles. The molecular formula is C25H30N2O2. The maximum atomic E-state index is 11.6. The van der Waals surface area contributed by atoms with E-state index in [0.717, 1.165) is 23.4 Å². The summed E-state index contributed by atoms with van der Waals surface area (Å²) in [4.78, 5) is 11.6. The van der Waals surface area contributed by atoms with Crippen LogP contribution in [0.5, 0.6) is 0 Å². The van der Waals surface area contributed by atoms with E-state index in [2.05, 4.69) is 61.4 Å². The second-order valence-electron chi connectivity index (χ2n) is 7.49. The van der Waals surface area contributed by atoms with Crippen LogP contribution in [0.3, 0.4) is 0 Å². The number of hydrogen-bond donors (Lipinski definition) is 0. The van der Waals surface area contributed by atoms with Gasteiger partial charge in [-0.3, -0.25) is 4.79 Å². The molecule has 0 aliphatic carbocycles. The Kier molecular flexibility index (Phi) is 6.86. The summed E-state index contributed by atoms with van der Waals surface area (Å²) in [6.45, 7) is 8.76. The summed E-state index contributed by atoms with van der Waals surface area (Å²) in [6, 6.07) is 17.1. The van der Waals surface area contributed by atoms with Crippen LogP contribution in [0, 0.1) is 6.92 Å². The van der Waals surface area contributed by atoms with Crippen molar-refractivity contribution in [1.29, 1.82) is 0 Å². The first-order chi connectivity index (χ1) is 14.0. The monoisotopic (exact) mass is 390 g/mol. The van der Waals surface area contributed by atoms with Crippen LogP contribution in [0.25, 0.3) is 16.8 Å². The molecule has 0 saturated heterocycles. The lowest BCUT2D eigenvalue weighted by Gasteiger charge is -2.17. The highest BCUT2D eigenvalue weighted by Crippen LogP contribution is 2.31. The standard InChI is InChI=1S/C25H30N2O2/c1-5-18(3)23-17-22(12-13-24(23)27-16-15-19(4)26-27)21-10-7-20(8-11-21)9-14-25(28)29-6-2/h7-8,10-13,15-18H,5-6,9,14H2,1-4H3. The molecule has 0 fully saturated rings. The van der Waals surface area contributed by atoms with Gasteiger partial charge < -0.3 is 4.74 Å². The second kappa shape index (κ2) is 9.55. The highest BCUT2D eigenvalue weighted by Gasteiger charge is 2.13. The Morgan fingerprint density at radius 2 is 1.79 bits per heavy atom. The largest absolute Gasteiger partial charge is 0.466 e. The number of hydrogen-bond acceptors (Lipinski definition) is 3. The molecule has 2 aromatic carbocycles. The SMILES string of the molecule is CCOC(=O)CCc1ccc(-c2ccc(-n3ccc(C)n3)c(C(C)CC)c2)cc1. The van der Waals surface area contributed by atoms with Crippen LogP contribution < -0.4 is 0 Å². The summed E-state index contributed by atoms with van der Waals surface area (Å²) < 4.78 is 6.98. The van der Waals surface area contributed by atoms with Crippen molar-refractivity contribution in [2.75, 3.05) is 6.61 Å². The smallest absolute Gasteiger partial charge is 0.306 e. The fourth-order valence-electron chi connectivity index (χ4n) is 3.45. The lowest BCUT2D eigenvalue weighted by atomic mass is 9.92. The summed E-state index contributed by atoms with van der Waals surface area (Å²) in [7, 11) is 0. The van der Waals surface area contributed by atoms with Gasteiger partial charge in [-0.25, -0.2) is 4.68 Å². The third-order valence-electron chi connectivity index (χ3n) is 5.35. The van der Waals surface area contributed by atoms with Gasteiger partial charge in [0.25, 0.3) is 0 Å². The Morgan fingerprint density at radius 1 is 1.07 bits per heavy atom. The average molecular weight is 391 g/mol. The molecule has 3 rings (SSSR count). The molecule has 0 radical (unpaired) electrons. The van der Waals surface area contributed by atoms with Crippen molar-refractivity contribution in [2.24, 2.45) is 0 Å². The molecule has 1 unspecified atom stereocenters. The van der Waals surface area contributed by atoms with Crippen LogP contribution in [0.2, 0.25) is 0 Å². The maximum absolute atomic E-state index is 11.6. The van der Waals surface area contributed by atoms with Crippen LogP contribution in [-0.2, 0) is 16.0 Å². The fraction of sp³-hybridized carbons (Fsp3) is 0.360. The van der Waals surface area contributed by atoms with E-state index in [-0.39, 0.29) is 5.97 Å². The molecule has 0 aliphatic rings. The van der Waals surface area contributed by atoms with Crippen molar-refractivity contribution >= 4 is 5.97 Å². The highest BCUT2D eigenvalue weighted by molar-refractivity contribution is 5.70. The molecule has 1 atom stereocenters. The van der Waals surface area contributed by atoms with E-state index in [1.54, 1.807) is 0 Å². The number of aromatic nitrogens is 2. The van der Waals surface area contributed by atoms with Gasteiger partial charge in [0.2, 0.25) is 0 Å². The molecule has 1 heterocycles. The highest BCUT2D eigenvalue weighted by atomic mass is 16.5. The predicted molar refractivity (Wildman–Crippen MR) is 117 cm³/mol. The Labute approximate surface area is 173 Å². The zero-order valence-corrected chi connectivity index (χ0v) is 17.8. The summed E-state index contributed by atoms with van der Waals surface area (Å²) in [5.41, 5.74) is 6.99. The van der Waals surface area contributed by atoms with Gasteiger partial charge in [0, 0.05) is 12.6 Å². The van der Waals surface area contributed by atoms with Crippen LogP contribution in [0.1, 0.15) is 56.4 Å². The third-order valence-corrected chi connectivity index (χ3v) is 5.35. The molecule has 0 saturated carbocycles. The van der Waals surface area contributed by atoms with E-state index in [9.17, 15) is 4.79 Å². The van der Waals surface area contributed by atoms with Crippen molar-refractivity contribution in [2.45, 2.75) is 52.9 Å². The first kappa shape index (κ1) is 20.8. The van der Waals surface area contributed by atoms with E-state index in [0.29, 0.717) is 25.4 Å². The Balaban J connectivity index is 1.84. The Bertz CT molecular complexity index is 957. The third kappa shape index (κ3) is 5.14. The number of aryl methyl sites for hydroxylation is 2. The Hall–Kier alpha value is -2.88. The summed E-state index contributed by atoms with van der Waals surface area (Å²) in [5, 5.41) is 4.60. The molecule has 4 nitrogen and oxygen atoms in total. The van der Waals surface area contributed by atoms with Crippen molar-refractivity contribution in [3.05, 3.63) is 71.5 Å². The van der Waals surface area contributed by atoms with Crippen molar-refractivity contribution in [1.82, 2.24) is 9.78 Å². The second-order valence-corrected chi connectivity index (χ2v) is 7.49. The first-order valence-electron chi connectivity index (χ1n) is 10.4. The predicted octanol–water partition coefficient (Wildman–Crippen LogP) is 5.86. The zero-order valence-electron chi connectivity index (χ0n) is 17.8. The number of carbonyl (C=O) groups excluding carboxylic acids is 1. The van der Waals surface area contributed by atoms with Crippen LogP contribution in [0.15, 0.2) is 54.7 Å². The number of esters is 1. The first-order valence-corrected chi connectivity index (χ1v) is 10.4. The lowest BCUT2D eigenvalue weighted by Crippen LogP contribution is -2.05. The Morgan fingerprint density at radius 3 is 2.41 bits per heavy atom. The number of rotatable bonds is 8. The topological polar surface area (TPSA) is 44.1 Å². The van der Waals surface area contributed by atoms with Crippen molar-refractivity contribution in [3.63, 3.8) is 0 Å². The van der Waals surface area contributed by atoms with E-state index in [1.807, 2.05) is 30.8 Å². The molecule has 29 heavy (non-hydrogen) atoms. The number of benzene rings is 2. The van der Waals surface area contributed by atoms with Gasteiger partial charge in [0.15, 0.2) is 0 Å². The summed E-state index contributed by atoms with van der Waals surface area (Å²) in [5.74, 6) is 0.303. The minimum Gasteiger partial charge on any atom is -0.466 e. The van der Waals surface area contributed by atoms with Gasteiger partial charge in [0.05, 0.1) is 18.0 Å². The quantitative estimate of drug-likeness (QED) is 0.453. The van der Waals surface area contributed by atoms with E-state index in [1.165, 1.54) is 16.7 Å². The molecular weight excluding hydrogens is 360 g/mol.